The van der Waals surface area contributed by atoms with Crippen LogP contribution in [0, 0.1) is 5.41 Å². The van der Waals surface area contributed by atoms with Crippen LogP contribution in [0.5, 0.6) is 0 Å². The van der Waals surface area contributed by atoms with Crippen molar-refractivity contribution in [3.8, 4) is 0 Å². The van der Waals surface area contributed by atoms with E-state index in [-0.39, 0.29) is 0 Å². The molecule has 19 heavy (non-hydrogen) atoms. The molecular formula is C15H27N3S. The number of hydrogen-bond acceptors (Lipinski definition) is 4. The van der Waals surface area contributed by atoms with Gasteiger partial charge in [0.05, 0.1) is 6.04 Å². The third kappa shape index (κ3) is 3.77. The number of thiazole rings is 1. The Balaban J connectivity index is 1.89. The molecule has 1 aliphatic rings. The van der Waals surface area contributed by atoms with Crippen LogP contribution in [0.4, 0.5) is 0 Å². The second-order valence-electron chi connectivity index (χ2n) is 5.80. The molecule has 0 spiro atoms. The first-order chi connectivity index (χ1) is 9.19. The molecule has 2 atom stereocenters. The Morgan fingerprint density at radius 3 is 2.95 bits per heavy atom. The molecular weight excluding hydrogens is 254 g/mol. The lowest BCUT2D eigenvalue weighted by Gasteiger charge is -2.29. The SMILES string of the molecule is CCCC1(CNC(C)c2ncc(CC)s2)CCNC1. The van der Waals surface area contributed by atoms with E-state index in [9.17, 15) is 0 Å². The molecule has 2 unspecified atom stereocenters. The van der Waals surface area contributed by atoms with Crippen molar-refractivity contribution in [2.24, 2.45) is 5.41 Å². The molecule has 0 amide bonds. The summed E-state index contributed by atoms with van der Waals surface area (Å²) in [5, 5.41) is 8.46. The lowest BCUT2D eigenvalue weighted by molar-refractivity contribution is 0.266. The standard InChI is InChI=1S/C15H27N3S/c1-4-6-15(7-8-16-10-15)11-18-12(3)14-17-9-13(5-2)19-14/h9,12,16,18H,4-8,10-11H2,1-3H3. The lowest BCUT2D eigenvalue weighted by Crippen LogP contribution is -2.37. The molecule has 0 bridgehead atoms. The molecule has 108 valence electrons. The Bertz CT molecular complexity index is 382. The number of aryl methyl sites for hydroxylation is 1. The third-order valence-electron chi connectivity index (χ3n) is 4.19. The van der Waals surface area contributed by atoms with Crippen molar-refractivity contribution < 1.29 is 0 Å². The van der Waals surface area contributed by atoms with Crippen molar-refractivity contribution in [2.45, 2.75) is 52.5 Å². The Kier molecular flexibility index (Phi) is 5.37. The first-order valence-electron chi connectivity index (χ1n) is 7.58. The molecule has 0 saturated carbocycles. The molecule has 1 aromatic heterocycles. The van der Waals surface area contributed by atoms with E-state index in [1.54, 1.807) is 0 Å². The topological polar surface area (TPSA) is 37.0 Å². The van der Waals surface area contributed by atoms with Gasteiger partial charge in [-0.1, -0.05) is 20.3 Å². The molecule has 3 nitrogen and oxygen atoms in total. The van der Waals surface area contributed by atoms with E-state index in [1.807, 2.05) is 17.5 Å². The molecule has 2 heterocycles. The van der Waals surface area contributed by atoms with Gasteiger partial charge in [-0.25, -0.2) is 4.98 Å². The van der Waals surface area contributed by atoms with E-state index in [1.165, 1.54) is 42.2 Å². The largest absolute Gasteiger partial charge is 0.316 e. The third-order valence-corrected chi connectivity index (χ3v) is 5.51. The molecule has 2 N–H and O–H groups in total. The fraction of sp³-hybridized carbons (Fsp3) is 0.800. The zero-order valence-corrected chi connectivity index (χ0v) is 13.3. The summed E-state index contributed by atoms with van der Waals surface area (Å²) in [6, 6.07) is 0.375. The van der Waals surface area contributed by atoms with Gasteiger partial charge in [-0.05, 0) is 38.1 Å². The van der Waals surface area contributed by atoms with Crippen molar-refractivity contribution in [3.05, 3.63) is 16.1 Å². The number of nitrogens with one attached hydrogen (secondary N) is 2. The van der Waals surface area contributed by atoms with E-state index >= 15 is 0 Å². The van der Waals surface area contributed by atoms with Gasteiger partial charge in [0.2, 0.25) is 0 Å². The Morgan fingerprint density at radius 1 is 1.53 bits per heavy atom. The summed E-state index contributed by atoms with van der Waals surface area (Å²) in [5.74, 6) is 0. The Labute approximate surface area is 121 Å². The summed E-state index contributed by atoms with van der Waals surface area (Å²) in [7, 11) is 0. The first kappa shape index (κ1) is 14.9. The summed E-state index contributed by atoms with van der Waals surface area (Å²) in [5.41, 5.74) is 0.466. The monoisotopic (exact) mass is 281 g/mol. The summed E-state index contributed by atoms with van der Waals surface area (Å²) < 4.78 is 0. The summed E-state index contributed by atoms with van der Waals surface area (Å²) >= 11 is 1.85. The molecule has 2 rings (SSSR count). The number of aromatic nitrogens is 1. The molecule has 4 heteroatoms. The van der Waals surface area contributed by atoms with Crippen LogP contribution in [0.2, 0.25) is 0 Å². The van der Waals surface area contributed by atoms with Crippen LogP contribution in [0.25, 0.3) is 0 Å². The van der Waals surface area contributed by atoms with Gasteiger partial charge in [-0.2, -0.15) is 0 Å². The van der Waals surface area contributed by atoms with Crippen LogP contribution in [0.3, 0.4) is 0 Å². The van der Waals surface area contributed by atoms with Crippen molar-refractivity contribution in [2.75, 3.05) is 19.6 Å². The van der Waals surface area contributed by atoms with Crippen LogP contribution in [-0.4, -0.2) is 24.6 Å². The van der Waals surface area contributed by atoms with Gasteiger partial charge in [0.15, 0.2) is 0 Å². The van der Waals surface area contributed by atoms with Crippen molar-refractivity contribution in [1.82, 2.24) is 15.6 Å². The molecule has 1 fully saturated rings. The van der Waals surface area contributed by atoms with Crippen LogP contribution in [0.15, 0.2) is 6.20 Å². The quantitative estimate of drug-likeness (QED) is 0.806. The highest BCUT2D eigenvalue weighted by atomic mass is 32.1. The van der Waals surface area contributed by atoms with E-state index in [2.05, 4.69) is 36.4 Å². The maximum absolute atomic E-state index is 4.54. The second-order valence-corrected chi connectivity index (χ2v) is 6.94. The average molecular weight is 281 g/mol. The van der Waals surface area contributed by atoms with E-state index in [0.717, 1.165) is 13.0 Å². The zero-order valence-electron chi connectivity index (χ0n) is 12.5. The highest BCUT2D eigenvalue weighted by Crippen LogP contribution is 2.31. The van der Waals surface area contributed by atoms with Gasteiger partial charge in [0, 0.05) is 24.2 Å². The average Bonchev–Trinajstić information content (AvgIpc) is 3.06. The van der Waals surface area contributed by atoms with Crippen LogP contribution in [-0.2, 0) is 6.42 Å². The van der Waals surface area contributed by atoms with Crippen molar-refractivity contribution >= 4 is 11.3 Å². The van der Waals surface area contributed by atoms with E-state index in [0.29, 0.717) is 11.5 Å². The predicted octanol–water partition coefficient (Wildman–Crippen LogP) is 3.14. The minimum absolute atomic E-state index is 0.375. The van der Waals surface area contributed by atoms with Gasteiger partial charge in [-0.15, -0.1) is 11.3 Å². The molecule has 0 aliphatic carbocycles. The van der Waals surface area contributed by atoms with E-state index in [4.69, 9.17) is 0 Å². The summed E-state index contributed by atoms with van der Waals surface area (Å²) in [4.78, 5) is 5.93. The van der Waals surface area contributed by atoms with Gasteiger partial charge >= 0.3 is 0 Å². The second kappa shape index (κ2) is 6.82. The minimum atomic E-state index is 0.375. The molecule has 1 aliphatic heterocycles. The fourth-order valence-electron chi connectivity index (χ4n) is 2.92. The Morgan fingerprint density at radius 2 is 2.37 bits per heavy atom. The first-order valence-corrected chi connectivity index (χ1v) is 8.39. The zero-order chi connectivity index (χ0) is 13.7. The maximum atomic E-state index is 4.54. The summed E-state index contributed by atoms with van der Waals surface area (Å²) in [6.07, 6.45) is 7.01. The van der Waals surface area contributed by atoms with Gasteiger partial charge < -0.3 is 10.6 Å². The smallest absolute Gasteiger partial charge is 0.109 e. The van der Waals surface area contributed by atoms with Gasteiger partial charge in [0.1, 0.15) is 5.01 Å². The van der Waals surface area contributed by atoms with Gasteiger partial charge in [0.25, 0.3) is 0 Å². The molecule has 1 aromatic rings. The minimum Gasteiger partial charge on any atom is -0.316 e. The van der Waals surface area contributed by atoms with Crippen LogP contribution < -0.4 is 10.6 Å². The molecule has 0 aromatic carbocycles. The Hall–Kier alpha value is -0.450. The summed E-state index contributed by atoms with van der Waals surface area (Å²) in [6.45, 7) is 10.2. The predicted molar refractivity (Wildman–Crippen MR) is 82.7 cm³/mol. The fourth-order valence-corrected chi connectivity index (χ4v) is 3.81. The highest BCUT2D eigenvalue weighted by molar-refractivity contribution is 7.11. The normalized spacial score (nSPS) is 24.8. The molecule has 1 saturated heterocycles. The lowest BCUT2D eigenvalue weighted by atomic mass is 9.82. The molecule has 0 radical (unpaired) electrons. The number of rotatable bonds is 7. The number of nitrogens with zero attached hydrogens (tertiary/aromatic N) is 1. The van der Waals surface area contributed by atoms with E-state index < -0.39 is 0 Å². The van der Waals surface area contributed by atoms with Gasteiger partial charge in [-0.3, -0.25) is 0 Å². The van der Waals surface area contributed by atoms with Crippen molar-refractivity contribution in [1.29, 1.82) is 0 Å². The highest BCUT2D eigenvalue weighted by Gasteiger charge is 2.33. The van der Waals surface area contributed by atoms with Crippen molar-refractivity contribution in [3.63, 3.8) is 0 Å². The van der Waals surface area contributed by atoms with Crippen LogP contribution >= 0.6 is 11.3 Å². The maximum Gasteiger partial charge on any atom is 0.109 e. The van der Waals surface area contributed by atoms with Crippen LogP contribution in [0.1, 0.15) is 56.0 Å². The number of hydrogen-bond donors (Lipinski definition) is 2.